The van der Waals surface area contributed by atoms with Crippen LogP contribution in [0.2, 0.25) is 0 Å². The number of ether oxygens (including phenoxy) is 1. The van der Waals surface area contributed by atoms with Crippen LogP contribution in [0.4, 0.5) is 0 Å². The summed E-state index contributed by atoms with van der Waals surface area (Å²) >= 11 is 0. The number of hydrogen-bond donors (Lipinski definition) is 7. The van der Waals surface area contributed by atoms with Gasteiger partial charge in [-0.3, -0.25) is 14.4 Å². The maximum absolute atomic E-state index is 12.6. The first-order valence-corrected chi connectivity index (χ1v) is 9.06. The summed E-state index contributed by atoms with van der Waals surface area (Å²) in [7, 11) is 0. The summed E-state index contributed by atoms with van der Waals surface area (Å²) < 4.78 is 5.08. The smallest absolute Gasteiger partial charge is 0.305 e. The third-order valence-corrected chi connectivity index (χ3v) is 4.36. The van der Waals surface area contributed by atoms with E-state index in [1.54, 1.807) is 27.7 Å². The van der Waals surface area contributed by atoms with Crippen molar-refractivity contribution < 1.29 is 44.7 Å². The molecule has 1 heterocycles. The minimum atomic E-state index is -1.88. The Morgan fingerprint density at radius 1 is 0.964 bits per heavy atom. The molecule has 7 atom stereocenters. The number of aliphatic carboxylic acids is 1. The van der Waals surface area contributed by atoms with E-state index in [0.29, 0.717) is 0 Å². The summed E-state index contributed by atoms with van der Waals surface area (Å²) in [6.45, 7) is 6.50. The molecule has 0 aromatic rings. The van der Waals surface area contributed by atoms with Gasteiger partial charge in [0, 0.05) is 12.0 Å². The number of carboxylic acid groups (broad SMARTS) is 1. The number of aliphatic hydroxyl groups excluding tert-OH is 4. The Labute approximate surface area is 162 Å². The summed E-state index contributed by atoms with van der Waals surface area (Å²) in [5.74, 6) is -3.23. The Morgan fingerprint density at radius 2 is 1.54 bits per heavy atom. The number of nitrogens with one attached hydrogen (secondary N) is 2. The Bertz CT molecular complexity index is 569. The molecule has 1 fully saturated rings. The van der Waals surface area contributed by atoms with Gasteiger partial charge in [-0.15, -0.1) is 0 Å². The second kappa shape index (κ2) is 10.2. The van der Waals surface area contributed by atoms with Crippen molar-refractivity contribution in [1.29, 1.82) is 0 Å². The van der Waals surface area contributed by atoms with E-state index in [9.17, 15) is 34.8 Å². The SMILES string of the molecule is CC(C)N[C@@H](CC(=O)O)C(=O)NC(C(=O)C(C)C)C1OC(O)C(O)C(O)C1O. The lowest BCUT2D eigenvalue weighted by molar-refractivity contribution is -0.285. The molecular formula is C17H30N2O9. The topological polar surface area (TPSA) is 186 Å². The van der Waals surface area contributed by atoms with Crippen molar-refractivity contribution in [2.24, 2.45) is 5.92 Å². The summed E-state index contributed by atoms with van der Waals surface area (Å²) in [4.78, 5) is 36.3. The van der Waals surface area contributed by atoms with Gasteiger partial charge in [0.25, 0.3) is 0 Å². The van der Waals surface area contributed by atoms with Gasteiger partial charge < -0.3 is 40.9 Å². The number of Topliss-reactive ketones (excluding diaryl/α,β-unsaturated/α-hetero) is 1. The predicted octanol–water partition coefficient (Wildman–Crippen LogP) is -2.66. The summed E-state index contributed by atoms with van der Waals surface area (Å²) in [6, 6.07) is -2.88. The first-order chi connectivity index (χ1) is 12.9. The van der Waals surface area contributed by atoms with Gasteiger partial charge in [0.1, 0.15) is 30.5 Å². The van der Waals surface area contributed by atoms with E-state index in [0.717, 1.165) is 0 Å². The maximum Gasteiger partial charge on any atom is 0.305 e. The van der Waals surface area contributed by atoms with E-state index < -0.39 is 72.8 Å². The van der Waals surface area contributed by atoms with E-state index in [2.05, 4.69) is 10.6 Å². The standard InChI is InChI=1S/C17H30N2O9/c1-6(2)11(22)10(15-13(24)12(23)14(25)17(27)28-15)19-16(26)8(5-9(20)21)18-7(3)4/h6-8,10,12-15,17-18,23-25,27H,5H2,1-4H3,(H,19,26)(H,20,21)/t8-,10?,12?,13?,14?,15?,17?/m0/s1. The van der Waals surface area contributed by atoms with Gasteiger partial charge in [0.15, 0.2) is 12.1 Å². The minimum absolute atomic E-state index is 0.232. The lowest BCUT2D eigenvalue weighted by Crippen LogP contribution is -2.66. The molecule has 11 nitrogen and oxygen atoms in total. The maximum atomic E-state index is 12.6. The van der Waals surface area contributed by atoms with Crippen LogP contribution in [0.1, 0.15) is 34.1 Å². The fraction of sp³-hybridized carbons (Fsp3) is 0.824. The molecule has 0 aliphatic carbocycles. The van der Waals surface area contributed by atoms with Gasteiger partial charge in [-0.05, 0) is 0 Å². The van der Waals surface area contributed by atoms with Crippen molar-refractivity contribution in [3.63, 3.8) is 0 Å². The minimum Gasteiger partial charge on any atom is -0.481 e. The van der Waals surface area contributed by atoms with Crippen LogP contribution < -0.4 is 10.6 Å². The lowest BCUT2D eigenvalue weighted by atomic mass is 9.88. The third kappa shape index (κ3) is 6.19. The lowest BCUT2D eigenvalue weighted by Gasteiger charge is -2.41. The normalized spacial score (nSPS) is 30.1. The number of rotatable bonds is 9. The summed E-state index contributed by atoms with van der Waals surface area (Å²) in [6.07, 6.45) is -9.36. The van der Waals surface area contributed by atoms with Crippen molar-refractivity contribution in [2.45, 2.75) is 82.9 Å². The molecule has 0 spiro atoms. The Balaban J connectivity index is 3.11. The second-order valence-electron chi connectivity index (χ2n) is 7.48. The number of aliphatic hydroxyl groups is 4. The van der Waals surface area contributed by atoms with Gasteiger partial charge in [-0.2, -0.15) is 0 Å². The number of carbonyl (C=O) groups is 3. The highest BCUT2D eigenvalue weighted by Gasteiger charge is 2.49. The van der Waals surface area contributed by atoms with Gasteiger partial charge >= 0.3 is 5.97 Å². The summed E-state index contributed by atoms with van der Waals surface area (Å²) in [5, 5.41) is 53.6. The first kappa shape index (κ1) is 24.4. The Kier molecular flexibility index (Phi) is 8.92. The fourth-order valence-electron chi connectivity index (χ4n) is 2.90. The van der Waals surface area contributed by atoms with Crippen molar-refractivity contribution >= 4 is 17.7 Å². The van der Waals surface area contributed by atoms with Crippen molar-refractivity contribution in [1.82, 2.24) is 10.6 Å². The monoisotopic (exact) mass is 406 g/mol. The molecule has 1 rings (SSSR count). The third-order valence-electron chi connectivity index (χ3n) is 4.36. The molecular weight excluding hydrogens is 376 g/mol. The van der Waals surface area contributed by atoms with Gasteiger partial charge in [0.2, 0.25) is 5.91 Å². The van der Waals surface area contributed by atoms with E-state index in [1.807, 2.05) is 0 Å². The molecule has 1 aliphatic rings. The average Bonchev–Trinajstić information content (AvgIpc) is 2.59. The zero-order valence-corrected chi connectivity index (χ0v) is 16.3. The van der Waals surface area contributed by atoms with Crippen LogP contribution in [0.5, 0.6) is 0 Å². The predicted molar refractivity (Wildman–Crippen MR) is 95.0 cm³/mol. The van der Waals surface area contributed by atoms with Crippen molar-refractivity contribution in [2.75, 3.05) is 0 Å². The first-order valence-electron chi connectivity index (χ1n) is 9.06. The Morgan fingerprint density at radius 3 is 2.00 bits per heavy atom. The molecule has 1 amide bonds. The van der Waals surface area contributed by atoms with E-state index >= 15 is 0 Å². The molecule has 162 valence electrons. The molecule has 11 heteroatoms. The molecule has 7 N–H and O–H groups in total. The number of carboxylic acids is 1. The zero-order chi connectivity index (χ0) is 21.8. The fourth-order valence-corrected chi connectivity index (χ4v) is 2.90. The number of hydrogen-bond acceptors (Lipinski definition) is 9. The quantitative estimate of drug-likeness (QED) is 0.213. The molecule has 0 aromatic carbocycles. The highest BCUT2D eigenvalue weighted by molar-refractivity contribution is 5.93. The molecule has 6 unspecified atom stereocenters. The van der Waals surface area contributed by atoms with Gasteiger partial charge in [-0.25, -0.2) is 0 Å². The van der Waals surface area contributed by atoms with Crippen LogP contribution in [-0.4, -0.2) is 92.0 Å². The van der Waals surface area contributed by atoms with Crippen LogP contribution >= 0.6 is 0 Å². The second-order valence-corrected chi connectivity index (χ2v) is 7.48. The number of amides is 1. The van der Waals surface area contributed by atoms with Crippen LogP contribution in [-0.2, 0) is 19.1 Å². The van der Waals surface area contributed by atoms with E-state index in [-0.39, 0.29) is 6.04 Å². The van der Waals surface area contributed by atoms with Crippen LogP contribution in [0.3, 0.4) is 0 Å². The van der Waals surface area contributed by atoms with Gasteiger partial charge in [-0.1, -0.05) is 27.7 Å². The molecule has 1 aliphatic heterocycles. The van der Waals surface area contributed by atoms with Crippen LogP contribution in [0.25, 0.3) is 0 Å². The van der Waals surface area contributed by atoms with Crippen LogP contribution in [0.15, 0.2) is 0 Å². The molecule has 0 saturated carbocycles. The highest BCUT2D eigenvalue weighted by atomic mass is 16.6. The number of ketones is 1. The van der Waals surface area contributed by atoms with Gasteiger partial charge in [0.05, 0.1) is 12.5 Å². The molecule has 28 heavy (non-hydrogen) atoms. The van der Waals surface area contributed by atoms with Crippen LogP contribution in [0, 0.1) is 5.92 Å². The van der Waals surface area contributed by atoms with E-state index in [4.69, 9.17) is 9.84 Å². The number of carbonyl (C=O) groups excluding carboxylic acids is 2. The average molecular weight is 406 g/mol. The Hall–Kier alpha value is -1.63. The molecule has 1 saturated heterocycles. The summed E-state index contributed by atoms with van der Waals surface area (Å²) in [5.41, 5.74) is 0. The van der Waals surface area contributed by atoms with Crippen molar-refractivity contribution in [3.05, 3.63) is 0 Å². The van der Waals surface area contributed by atoms with Crippen molar-refractivity contribution in [3.8, 4) is 0 Å². The van der Waals surface area contributed by atoms with E-state index in [1.165, 1.54) is 0 Å². The largest absolute Gasteiger partial charge is 0.481 e. The zero-order valence-electron chi connectivity index (χ0n) is 16.3. The molecule has 0 radical (unpaired) electrons. The molecule has 0 bridgehead atoms. The molecule has 0 aromatic heterocycles. The highest BCUT2D eigenvalue weighted by Crippen LogP contribution is 2.24.